The van der Waals surface area contributed by atoms with Gasteiger partial charge in [0.1, 0.15) is 0 Å². The average molecular weight is 411 g/mol. The molecule has 0 bridgehead atoms. The Kier molecular flexibility index (Phi) is 7.58. The second-order valence-corrected chi connectivity index (χ2v) is 8.29. The number of benzene rings is 3. The highest BCUT2D eigenvalue weighted by Gasteiger charge is 2.17. The molecule has 1 atom stereocenters. The van der Waals surface area contributed by atoms with E-state index >= 15 is 0 Å². The molecular weight excluding hydrogens is 388 g/mol. The Morgan fingerprint density at radius 1 is 0.893 bits per heavy atom. The number of hydrogen-bond acceptors (Lipinski definition) is 2. The minimum atomic E-state index is -0.710. The highest BCUT2D eigenvalue weighted by molar-refractivity contribution is 7.99. The van der Waals surface area contributed by atoms with Gasteiger partial charge in [0.05, 0.1) is 5.92 Å². The molecule has 4 heteroatoms. The summed E-state index contributed by atoms with van der Waals surface area (Å²) in [6.45, 7) is 0. The summed E-state index contributed by atoms with van der Waals surface area (Å²) in [5.41, 5.74) is 3.50. The van der Waals surface area contributed by atoms with Gasteiger partial charge in [-0.1, -0.05) is 66.2 Å². The van der Waals surface area contributed by atoms with E-state index in [9.17, 15) is 9.90 Å². The maximum Gasteiger partial charge on any atom is 0.307 e. The smallest absolute Gasteiger partial charge is 0.307 e. The Morgan fingerprint density at radius 3 is 2.11 bits per heavy atom. The molecule has 1 N–H and O–H groups in total. The molecule has 28 heavy (non-hydrogen) atoms. The molecule has 0 aliphatic carbocycles. The molecule has 0 amide bonds. The first kappa shape index (κ1) is 20.5. The highest BCUT2D eigenvalue weighted by Crippen LogP contribution is 2.27. The Hall–Kier alpha value is -2.23. The number of carboxylic acids is 1. The number of thioether (sulfide) groups is 1. The third kappa shape index (κ3) is 6.15. The van der Waals surface area contributed by atoms with E-state index in [1.54, 1.807) is 11.8 Å². The van der Waals surface area contributed by atoms with Crippen molar-refractivity contribution in [1.29, 1.82) is 0 Å². The quantitative estimate of drug-likeness (QED) is 0.393. The molecule has 0 aliphatic heterocycles. The number of carboxylic acid groups (broad SMARTS) is 1. The number of aryl methyl sites for hydroxylation is 1. The van der Waals surface area contributed by atoms with Crippen LogP contribution in [0.2, 0.25) is 5.02 Å². The second-order valence-electron chi connectivity index (χ2n) is 6.76. The summed E-state index contributed by atoms with van der Waals surface area (Å²) in [6.07, 6.45) is 2.50. The molecule has 1 unspecified atom stereocenters. The maximum atomic E-state index is 11.6. The molecule has 2 nitrogen and oxygen atoms in total. The molecule has 0 saturated carbocycles. The number of halogens is 1. The molecule has 0 heterocycles. The Balaban J connectivity index is 1.51. The molecule has 0 fully saturated rings. The van der Waals surface area contributed by atoms with E-state index in [0.29, 0.717) is 12.2 Å². The van der Waals surface area contributed by atoms with Crippen molar-refractivity contribution < 1.29 is 9.90 Å². The van der Waals surface area contributed by atoms with Crippen molar-refractivity contribution in [2.45, 2.75) is 24.2 Å². The zero-order valence-corrected chi connectivity index (χ0v) is 17.1. The monoisotopic (exact) mass is 410 g/mol. The molecule has 144 valence electrons. The lowest BCUT2D eigenvalue weighted by Crippen LogP contribution is -2.16. The van der Waals surface area contributed by atoms with Gasteiger partial charge in [-0.2, -0.15) is 0 Å². The molecule has 0 spiro atoms. The van der Waals surface area contributed by atoms with Gasteiger partial charge in [-0.15, -0.1) is 11.8 Å². The molecule has 3 rings (SSSR count). The van der Waals surface area contributed by atoms with Crippen molar-refractivity contribution in [3.8, 4) is 11.1 Å². The minimum Gasteiger partial charge on any atom is -0.481 e. The van der Waals surface area contributed by atoms with Crippen molar-refractivity contribution >= 4 is 29.3 Å². The van der Waals surface area contributed by atoms with Crippen LogP contribution in [0.5, 0.6) is 0 Å². The van der Waals surface area contributed by atoms with Crippen LogP contribution in [-0.2, 0) is 11.2 Å². The predicted molar refractivity (Wildman–Crippen MR) is 118 cm³/mol. The maximum absolute atomic E-state index is 11.6. The van der Waals surface area contributed by atoms with E-state index in [1.807, 2.05) is 42.5 Å². The Morgan fingerprint density at radius 2 is 1.50 bits per heavy atom. The van der Waals surface area contributed by atoms with E-state index in [-0.39, 0.29) is 5.92 Å². The average Bonchev–Trinajstić information content (AvgIpc) is 2.72. The Bertz CT molecular complexity index is 877. The van der Waals surface area contributed by atoms with Crippen LogP contribution in [0.1, 0.15) is 18.4 Å². The zero-order chi connectivity index (χ0) is 19.8. The fourth-order valence-electron chi connectivity index (χ4n) is 3.06. The molecule has 3 aromatic rings. The molecule has 3 aromatic carbocycles. The van der Waals surface area contributed by atoms with Crippen molar-refractivity contribution in [2.24, 2.45) is 5.92 Å². The standard InChI is InChI=1S/C24H23ClO2S/c25-22-13-9-19(10-14-22)20-11-15-23(16-12-20)28-17-21(24(26)27)8-4-7-18-5-2-1-3-6-18/h1-3,5-6,9-16,21H,4,7-8,17H2,(H,26,27). The normalized spacial score (nSPS) is 11.9. The molecular formula is C24H23ClO2S. The number of rotatable bonds is 9. The van der Waals surface area contributed by atoms with Gasteiger partial charge in [0, 0.05) is 15.7 Å². The topological polar surface area (TPSA) is 37.3 Å². The summed E-state index contributed by atoms with van der Waals surface area (Å²) >= 11 is 7.55. The summed E-state index contributed by atoms with van der Waals surface area (Å²) in [7, 11) is 0. The third-order valence-electron chi connectivity index (χ3n) is 4.69. The van der Waals surface area contributed by atoms with Crippen molar-refractivity contribution in [1.82, 2.24) is 0 Å². The van der Waals surface area contributed by atoms with Gasteiger partial charge in [0.2, 0.25) is 0 Å². The predicted octanol–water partition coefficient (Wildman–Crippen LogP) is 6.82. The van der Waals surface area contributed by atoms with Crippen LogP contribution in [0, 0.1) is 5.92 Å². The Labute approximate surface area is 175 Å². The summed E-state index contributed by atoms with van der Waals surface area (Å²) in [4.78, 5) is 12.7. The second kappa shape index (κ2) is 10.4. The lowest BCUT2D eigenvalue weighted by molar-refractivity contribution is -0.141. The van der Waals surface area contributed by atoms with E-state index < -0.39 is 5.97 Å². The van der Waals surface area contributed by atoms with E-state index in [4.69, 9.17) is 11.6 Å². The third-order valence-corrected chi connectivity index (χ3v) is 6.12. The van der Waals surface area contributed by atoms with E-state index in [1.165, 1.54) is 5.56 Å². The van der Waals surface area contributed by atoms with Gasteiger partial charge in [0.15, 0.2) is 0 Å². The van der Waals surface area contributed by atoms with Crippen LogP contribution in [0.15, 0.2) is 83.8 Å². The van der Waals surface area contributed by atoms with Crippen LogP contribution < -0.4 is 0 Å². The van der Waals surface area contributed by atoms with Gasteiger partial charge in [-0.05, 0) is 60.2 Å². The minimum absolute atomic E-state index is 0.329. The lowest BCUT2D eigenvalue weighted by atomic mass is 10.0. The number of hydrogen-bond donors (Lipinski definition) is 1. The van der Waals surface area contributed by atoms with Gasteiger partial charge in [0.25, 0.3) is 0 Å². The largest absolute Gasteiger partial charge is 0.481 e. The summed E-state index contributed by atoms with van der Waals surface area (Å²) < 4.78 is 0. The van der Waals surface area contributed by atoms with Gasteiger partial charge in [-0.25, -0.2) is 0 Å². The first-order valence-corrected chi connectivity index (χ1v) is 10.7. The van der Waals surface area contributed by atoms with Crippen LogP contribution in [0.3, 0.4) is 0 Å². The van der Waals surface area contributed by atoms with Crippen molar-refractivity contribution in [2.75, 3.05) is 5.75 Å². The van der Waals surface area contributed by atoms with Crippen LogP contribution >= 0.6 is 23.4 Å². The van der Waals surface area contributed by atoms with Gasteiger partial charge < -0.3 is 5.11 Å². The summed E-state index contributed by atoms with van der Waals surface area (Å²) in [6, 6.07) is 26.2. The summed E-state index contributed by atoms with van der Waals surface area (Å²) in [5.74, 6) is -0.451. The first-order valence-electron chi connectivity index (χ1n) is 9.37. The zero-order valence-electron chi connectivity index (χ0n) is 15.6. The first-order chi connectivity index (χ1) is 13.6. The number of carbonyl (C=O) groups is 1. The van der Waals surface area contributed by atoms with Crippen LogP contribution in [0.4, 0.5) is 0 Å². The highest BCUT2D eigenvalue weighted by atomic mass is 35.5. The fraction of sp³-hybridized carbons (Fsp3) is 0.208. The van der Waals surface area contributed by atoms with E-state index in [0.717, 1.165) is 33.9 Å². The van der Waals surface area contributed by atoms with Gasteiger partial charge >= 0.3 is 5.97 Å². The fourth-order valence-corrected chi connectivity index (χ4v) is 4.22. The van der Waals surface area contributed by atoms with Crippen LogP contribution in [0.25, 0.3) is 11.1 Å². The van der Waals surface area contributed by atoms with Crippen molar-refractivity contribution in [3.63, 3.8) is 0 Å². The van der Waals surface area contributed by atoms with Gasteiger partial charge in [-0.3, -0.25) is 4.79 Å². The van der Waals surface area contributed by atoms with E-state index in [2.05, 4.69) is 36.4 Å². The lowest BCUT2D eigenvalue weighted by Gasteiger charge is -2.12. The van der Waals surface area contributed by atoms with Crippen LogP contribution in [-0.4, -0.2) is 16.8 Å². The molecule has 0 aliphatic rings. The summed E-state index contributed by atoms with van der Waals surface area (Å²) in [5, 5.41) is 10.3. The van der Waals surface area contributed by atoms with Crippen molar-refractivity contribution in [3.05, 3.63) is 89.4 Å². The SMILES string of the molecule is O=C(O)C(CCCc1ccccc1)CSc1ccc(-c2ccc(Cl)cc2)cc1. The molecule has 0 radical (unpaired) electrons. The molecule has 0 saturated heterocycles. The molecule has 0 aromatic heterocycles. The number of aliphatic carboxylic acids is 1.